The number of carbonyl (C=O) groups excluding carboxylic acids is 2. The molecule has 0 fully saturated rings. The molecule has 0 aliphatic carbocycles. The van der Waals surface area contributed by atoms with E-state index < -0.39 is 11.9 Å². The third-order valence-electron chi connectivity index (χ3n) is 4.49. The Kier molecular flexibility index (Phi) is 6.08. The summed E-state index contributed by atoms with van der Waals surface area (Å²) in [6, 6.07) is 6.15. The number of fused-ring (bicyclic) bond motifs is 1. The maximum absolute atomic E-state index is 12.7. The second-order valence-electron chi connectivity index (χ2n) is 6.70. The van der Waals surface area contributed by atoms with Gasteiger partial charge in [0.25, 0.3) is 5.91 Å². The van der Waals surface area contributed by atoms with Gasteiger partial charge in [-0.05, 0) is 37.5 Å². The largest absolute Gasteiger partial charge is 0.468 e. The van der Waals surface area contributed by atoms with Crippen molar-refractivity contribution in [2.75, 3.05) is 7.11 Å². The zero-order valence-corrected chi connectivity index (χ0v) is 17.4. The molecule has 1 amide bonds. The number of carbonyl (C=O) groups is 2. The van der Waals surface area contributed by atoms with Crippen LogP contribution in [0.1, 0.15) is 41.4 Å². The first-order chi connectivity index (χ1) is 13.4. The molecule has 3 aromatic rings. The summed E-state index contributed by atoms with van der Waals surface area (Å²) < 4.78 is 9.12. The summed E-state index contributed by atoms with van der Waals surface area (Å²) in [5, 5.41) is 4.19. The van der Waals surface area contributed by atoms with Crippen LogP contribution in [0.25, 0.3) is 10.2 Å². The number of ether oxygens (including phenoxy) is 1. The SMILES string of the molecule is CCCCc1ccc2c(c1)sc(=NC(=O)c1nn(C)cc1C)n2CC(=O)OC. The summed E-state index contributed by atoms with van der Waals surface area (Å²) in [7, 11) is 3.11. The van der Waals surface area contributed by atoms with Crippen molar-refractivity contribution < 1.29 is 14.3 Å². The molecule has 8 heteroatoms. The van der Waals surface area contributed by atoms with E-state index in [2.05, 4.69) is 29.1 Å². The van der Waals surface area contributed by atoms with Gasteiger partial charge in [-0.3, -0.25) is 14.3 Å². The molecule has 0 unspecified atom stereocenters. The van der Waals surface area contributed by atoms with Gasteiger partial charge in [0.05, 0.1) is 17.3 Å². The average Bonchev–Trinajstić information content (AvgIpc) is 3.18. The van der Waals surface area contributed by atoms with Crippen LogP contribution in [0.15, 0.2) is 29.4 Å². The first-order valence-electron chi connectivity index (χ1n) is 9.21. The highest BCUT2D eigenvalue weighted by atomic mass is 32.1. The third-order valence-corrected chi connectivity index (χ3v) is 5.53. The quantitative estimate of drug-likeness (QED) is 0.596. The van der Waals surface area contributed by atoms with Gasteiger partial charge >= 0.3 is 5.97 Å². The topological polar surface area (TPSA) is 78.5 Å². The predicted molar refractivity (Wildman–Crippen MR) is 108 cm³/mol. The van der Waals surface area contributed by atoms with Crippen LogP contribution in [0.2, 0.25) is 0 Å². The fourth-order valence-corrected chi connectivity index (χ4v) is 4.14. The summed E-state index contributed by atoms with van der Waals surface area (Å²) >= 11 is 1.39. The molecular weight excluding hydrogens is 376 g/mol. The molecule has 0 atom stereocenters. The van der Waals surface area contributed by atoms with Crippen molar-refractivity contribution in [3.8, 4) is 0 Å². The molecule has 3 rings (SSSR count). The first-order valence-corrected chi connectivity index (χ1v) is 10.0. The summed E-state index contributed by atoms with van der Waals surface area (Å²) in [5.41, 5.74) is 3.17. The van der Waals surface area contributed by atoms with Gasteiger partial charge in [0.1, 0.15) is 6.54 Å². The van der Waals surface area contributed by atoms with Crippen LogP contribution >= 0.6 is 11.3 Å². The molecular formula is C20H24N4O3S. The molecule has 0 aliphatic rings. The van der Waals surface area contributed by atoms with E-state index in [1.807, 2.05) is 13.0 Å². The van der Waals surface area contributed by atoms with Crippen molar-refractivity contribution in [3.63, 3.8) is 0 Å². The maximum atomic E-state index is 12.7. The average molecular weight is 401 g/mol. The number of hydrogen-bond acceptors (Lipinski definition) is 5. The lowest BCUT2D eigenvalue weighted by atomic mass is 10.1. The Bertz CT molecular complexity index is 1090. The van der Waals surface area contributed by atoms with E-state index in [1.165, 1.54) is 24.0 Å². The third kappa shape index (κ3) is 4.22. The Morgan fingerprint density at radius 2 is 2.11 bits per heavy atom. The summed E-state index contributed by atoms with van der Waals surface area (Å²) in [4.78, 5) is 29.3. The van der Waals surface area contributed by atoms with E-state index in [1.54, 1.807) is 22.5 Å². The summed E-state index contributed by atoms with van der Waals surface area (Å²) in [5.74, 6) is -0.813. The molecule has 7 nitrogen and oxygen atoms in total. The molecule has 0 spiro atoms. The van der Waals surface area contributed by atoms with E-state index in [-0.39, 0.29) is 6.54 Å². The van der Waals surface area contributed by atoms with Crippen LogP contribution in [0.3, 0.4) is 0 Å². The molecule has 0 aliphatic heterocycles. The number of amides is 1. The monoisotopic (exact) mass is 400 g/mol. The highest BCUT2D eigenvalue weighted by Crippen LogP contribution is 2.21. The van der Waals surface area contributed by atoms with Crippen molar-refractivity contribution in [2.45, 2.75) is 39.7 Å². The van der Waals surface area contributed by atoms with Crippen LogP contribution in [0.5, 0.6) is 0 Å². The zero-order chi connectivity index (χ0) is 20.3. The molecule has 148 valence electrons. The molecule has 1 aromatic carbocycles. The van der Waals surface area contributed by atoms with Gasteiger partial charge in [0.15, 0.2) is 10.5 Å². The smallest absolute Gasteiger partial charge is 0.325 e. The van der Waals surface area contributed by atoms with Gasteiger partial charge in [0.2, 0.25) is 0 Å². The number of methoxy groups -OCH3 is 1. The Morgan fingerprint density at radius 1 is 1.32 bits per heavy atom. The van der Waals surface area contributed by atoms with Crippen molar-refractivity contribution in [3.05, 3.63) is 46.0 Å². The van der Waals surface area contributed by atoms with Crippen molar-refractivity contribution in [2.24, 2.45) is 12.0 Å². The van der Waals surface area contributed by atoms with E-state index in [0.717, 1.165) is 35.0 Å². The summed E-state index contributed by atoms with van der Waals surface area (Å²) in [6.45, 7) is 3.98. The number of thiazole rings is 1. The number of nitrogens with zero attached hydrogens (tertiary/aromatic N) is 4. The van der Waals surface area contributed by atoms with Crippen LogP contribution in [-0.2, 0) is 29.5 Å². The van der Waals surface area contributed by atoms with Gasteiger partial charge in [-0.25, -0.2) is 0 Å². The Balaban J connectivity index is 2.10. The van der Waals surface area contributed by atoms with Gasteiger partial charge in [-0.2, -0.15) is 10.1 Å². The molecule has 2 aromatic heterocycles. The lowest BCUT2D eigenvalue weighted by Gasteiger charge is -2.04. The lowest BCUT2D eigenvalue weighted by molar-refractivity contribution is -0.141. The molecule has 2 heterocycles. The number of esters is 1. The Morgan fingerprint density at radius 3 is 2.75 bits per heavy atom. The van der Waals surface area contributed by atoms with Crippen LogP contribution in [0, 0.1) is 6.92 Å². The van der Waals surface area contributed by atoms with Crippen molar-refractivity contribution >= 4 is 33.4 Å². The van der Waals surface area contributed by atoms with Crippen LogP contribution < -0.4 is 4.80 Å². The molecule has 28 heavy (non-hydrogen) atoms. The number of aromatic nitrogens is 3. The fraction of sp³-hybridized carbons (Fsp3) is 0.400. The highest BCUT2D eigenvalue weighted by molar-refractivity contribution is 7.16. The molecule has 0 saturated carbocycles. The first kappa shape index (κ1) is 20.0. The number of aryl methyl sites for hydroxylation is 3. The minimum atomic E-state index is -0.422. The van der Waals surface area contributed by atoms with E-state index >= 15 is 0 Å². The van der Waals surface area contributed by atoms with Gasteiger partial charge in [0, 0.05) is 18.8 Å². The highest BCUT2D eigenvalue weighted by Gasteiger charge is 2.16. The normalized spacial score (nSPS) is 11.9. The van der Waals surface area contributed by atoms with Gasteiger partial charge in [-0.1, -0.05) is 30.7 Å². The second-order valence-corrected chi connectivity index (χ2v) is 7.71. The molecule has 0 saturated heterocycles. The molecule has 0 radical (unpaired) electrons. The van der Waals surface area contributed by atoms with E-state index in [9.17, 15) is 9.59 Å². The Labute approximate surface area is 167 Å². The standard InChI is InChI=1S/C20H24N4O3S/c1-5-6-7-14-8-9-15-16(10-14)28-20(24(15)12-17(25)27-4)21-19(26)18-13(2)11-23(3)22-18/h8-11H,5-7,12H2,1-4H3. The molecule has 0 bridgehead atoms. The predicted octanol–water partition coefficient (Wildman–Crippen LogP) is 3.00. The maximum Gasteiger partial charge on any atom is 0.325 e. The van der Waals surface area contributed by atoms with Crippen molar-refractivity contribution in [1.29, 1.82) is 0 Å². The van der Waals surface area contributed by atoms with Gasteiger partial charge < -0.3 is 9.30 Å². The molecule has 0 N–H and O–H groups in total. The van der Waals surface area contributed by atoms with Gasteiger partial charge in [-0.15, -0.1) is 0 Å². The minimum Gasteiger partial charge on any atom is -0.468 e. The van der Waals surface area contributed by atoms with Crippen LogP contribution in [-0.4, -0.2) is 33.3 Å². The number of rotatable bonds is 6. The number of unbranched alkanes of at least 4 members (excludes halogenated alkanes) is 1. The van der Waals surface area contributed by atoms with Crippen LogP contribution in [0.4, 0.5) is 0 Å². The lowest BCUT2D eigenvalue weighted by Crippen LogP contribution is -2.22. The number of benzene rings is 1. The summed E-state index contributed by atoms with van der Waals surface area (Å²) in [6.07, 6.45) is 5.02. The second kappa shape index (κ2) is 8.52. The fourth-order valence-electron chi connectivity index (χ4n) is 3.04. The zero-order valence-electron chi connectivity index (χ0n) is 16.6. The van der Waals surface area contributed by atoms with E-state index in [4.69, 9.17) is 4.74 Å². The number of hydrogen-bond donors (Lipinski definition) is 0. The minimum absolute atomic E-state index is 0.00186. The van der Waals surface area contributed by atoms with E-state index in [0.29, 0.717) is 10.5 Å². The Hall–Kier alpha value is -2.74. The van der Waals surface area contributed by atoms with Crippen molar-refractivity contribution in [1.82, 2.24) is 14.3 Å².